The highest BCUT2D eigenvalue weighted by atomic mass is 32.1. The number of amides is 1. The van der Waals surface area contributed by atoms with Crippen LogP contribution in [-0.4, -0.2) is 15.5 Å². The first kappa shape index (κ1) is 7.17. The van der Waals surface area contributed by atoms with Crippen molar-refractivity contribution in [2.45, 2.75) is 0 Å². The van der Waals surface area contributed by atoms with Crippen LogP contribution in [0.5, 0.6) is 0 Å². The van der Waals surface area contributed by atoms with Crippen LogP contribution < -0.4 is 5.73 Å². The number of primary amides is 1. The summed E-state index contributed by atoms with van der Waals surface area (Å²) in [5.41, 5.74) is 6.16. The van der Waals surface area contributed by atoms with Gasteiger partial charge in [0.2, 0.25) is 0 Å². The minimum atomic E-state index is -0.465. The number of nitrogens with two attached hydrogens (primary N) is 1. The summed E-state index contributed by atoms with van der Waals surface area (Å²) in [6.45, 7) is 0. The lowest BCUT2D eigenvalue weighted by Gasteiger charge is -1.93. The smallest absolute Gasteiger partial charge is 0.251 e. The highest BCUT2D eigenvalue weighted by molar-refractivity contribution is 7.13. The lowest BCUT2D eigenvalue weighted by atomic mass is 10.2. The normalized spacial score (nSPS) is 10.3. The van der Waals surface area contributed by atoms with Crippen molar-refractivity contribution in [3.05, 3.63) is 23.8 Å². The first-order valence-electron chi connectivity index (χ1n) is 3.30. The van der Waals surface area contributed by atoms with Gasteiger partial charge in [0.25, 0.3) is 5.91 Å². The van der Waals surface area contributed by atoms with Gasteiger partial charge in [-0.25, -0.2) is 0 Å². The Morgan fingerprint density at radius 3 is 3.08 bits per heavy atom. The number of fused-ring (bicyclic) bond motifs is 1. The van der Waals surface area contributed by atoms with E-state index in [1.807, 2.05) is 6.07 Å². The quantitative estimate of drug-likeness (QED) is 0.703. The molecule has 0 radical (unpaired) electrons. The number of hydrogen-bond donors (Lipinski definition) is 1. The summed E-state index contributed by atoms with van der Waals surface area (Å²) in [5.74, 6) is -0.465. The Morgan fingerprint density at radius 2 is 2.33 bits per heavy atom. The number of nitrogens with zero attached hydrogens (tertiary/aromatic N) is 2. The molecule has 0 atom stereocenters. The van der Waals surface area contributed by atoms with Gasteiger partial charge in [0.15, 0.2) is 0 Å². The zero-order valence-corrected chi connectivity index (χ0v) is 6.84. The van der Waals surface area contributed by atoms with Crippen LogP contribution in [-0.2, 0) is 0 Å². The third-order valence-electron chi connectivity index (χ3n) is 1.54. The lowest BCUT2D eigenvalue weighted by Crippen LogP contribution is -2.11. The summed E-state index contributed by atoms with van der Waals surface area (Å²) in [6.07, 6.45) is 0. The minimum Gasteiger partial charge on any atom is -0.366 e. The minimum absolute atomic E-state index is 0.432. The molecule has 2 aromatic rings. The Bertz CT molecular complexity index is 437. The average Bonchev–Trinajstić information content (AvgIpc) is 2.49. The van der Waals surface area contributed by atoms with Crippen LogP contribution in [0.3, 0.4) is 0 Å². The summed E-state index contributed by atoms with van der Waals surface area (Å²) < 4.78 is 4.61. The van der Waals surface area contributed by atoms with Gasteiger partial charge in [-0.3, -0.25) is 4.79 Å². The third kappa shape index (κ3) is 0.947. The molecule has 0 fully saturated rings. The van der Waals surface area contributed by atoms with Crippen molar-refractivity contribution in [1.82, 2.24) is 9.59 Å². The van der Waals surface area contributed by atoms with Crippen LogP contribution in [0, 0.1) is 0 Å². The van der Waals surface area contributed by atoms with Crippen LogP contribution in [0.25, 0.3) is 10.2 Å². The van der Waals surface area contributed by atoms with Gasteiger partial charge in [0.05, 0.1) is 10.3 Å². The van der Waals surface area contributed by atoms with Gasteiger partial charge in [0, 0.05) is 0 Å². The fraction of sp³-hybridized carbons (Fsp3) is 0. The van der Waals surface area contributed by atoms with Gasteiger partial charge in [-0.15, -0.1) is 5.10 Å². The summed E-state index contributed by atoms with van der Waals surface area (Å²) in [7, 11) is 0. The number of aromatic nitrogens is 2. The highest BCUT2D eigenvalue weighted by Gasteiger charge is 2.08. The van der Waals surface area contributed by atoms with Gasteiger partial charge in [-0.1, -0.05) is 10.6 Å². The molecule has 1 aromatic carbocycles. The fourth-order valence-electron chi connectivity index (χ4n) is 1.00. The topological polar surface area (TPSA) is 68.9 Å². The summed E-state index contributed by atoms with van der Waals surface area (Å²) in [4.78, 5) is 10.9. The zero-order chi connectivity index (χ0) is 8.55. The van der Waals surface area contributed by atoms with Gasteiger partial charge < -0.3 is 5.73 Å². The maximum Gasteiger partial charge on any atom is 0.251 e. The lowest BCUT2D eigenvalue weighted by molar-refractivity contribution is 0.100. The first-order chi connectivity index (χ1) is 5.79. The molecule has 0 spiro atoms. The Labute approximate surface area is 72.2 Å². The number of carbonyl (C=O) groups is 1. The average molecular weight is 179 g/mol. The van der Waals surface area contributed by atoms with Gasteiger partial charge in [-0.05, 0) is 23.7 Å². The molecule has 0 unspecified atom stereocenters. The van der Waals surface area contributed by atoms with Crippen LogP contribution in [0.1, 0.15) is 10.4 Å². The number of carbonyl (C=O) groups excluding carboxylic acids is 1. The largest absolute Gasteiger partial charge is 0.366 e. The van der Waals surface area contributed by atoms with Crippen LogP contribution in [0.4, 0.5) is 0 Å². The Kier molecular flexibility index (Phi) is 1.51. The van der Waals surface area contributed by atoms with Gasteiger partial charge in [-0.2, -0.15) is 0 Å². The molecule has 12 heavy (non-hydrogen) atoms. The number of hydrogen-bond acceptors (Lipinski definition) is 4. The summed E-state index contributed by atoms with van der Waals surface area (Å²) in [5, 5.41) is 3.81. The van der Waals surface area contributed by atoms with E-state index in [0.29, 0.717) is 11.1 Å². The molecule has 0 aliphatic carbocycles. The SMILES string of the molecule is NC(=O)c1cccc2snnc12. The summed E-state index contributed by atoms with van der Waals surface area (Å²) in [6, 6.07) is 5.26. The molecule has 0 aliphatic rings. The molecule has 1 heterocycles. The predicted molar refractivity (Wildman–Crippen MR) is 45.9 cm³/mol. The van der Waals surface area contributed by atoms with Crippen molar-refractivity contribution in [2.75, 3.05) is 0 Å². The summed E-state index contributed by atoms with van der Waals surface area (Å²) >= 11 is 1.25. The molecule has 0 bridgehead atoms. The van der Waals surface area contributed by atoms with E-state index in [1.54, 1.807) is 12.1 Å². The Hall–Kier alpha value is -1.49. The molecular formula is C7H5N3OS. The van der Waals surface area contributed by atoms with Crippen molar-refractivity contribution in [3.63, 3.8) is 0 Å². The second-order valence-electron chi connectivity index (χ2n) is 2.29. The van der Waals surface area contributed by atoms with E-state index in [9.17, 15) is 4.79 Å². The fourth-order valence-corrected chi connectivity index (χ4v) is 1.59. The van der Waals surface area contributed by atoms with Crippen LogP contribution in [0.15, 0.2) is 18.2 Å². The number of benzene rings is 1. The van der Waals surface area contributed by atoms with Gasteiger partial charge in [0.1, 0.15) is 5.52 Å². The third-order valence-corrected chi connectivity index (χ3v) is 2.23. The van der Waals surface area contributed by atoms with Crippen LogP contribution >= 0.6 is 11.5 Å². The first-order valence-corrected chi connectivity index (χ1v) is 4.07. The maximum absolute atomic E-state index is 10.9. The number of rotatable bonds is 1. The van der Waals surface area contributed by atoms with E-state index in [-0.39, 0.29) is 0 Å². The van der Waals surface area contributed by atoms with E-state index in [1.165, 1.54) is 11.5 Å². The second kappa shape index (κ2) is 2.53. The van der Waals surface area contributed by atoms with Crippen molar-refractivity contribution >= 4 is 27.7 Å². The molecule has 4 nitrogen and oxygen atoms in total. The molecule has 5 heteroatoms. The molecule has 0 saturated heterocycles. The molecule has 60 valence electrons. The van der Waals surface area contributed by atoms with Crippen molar-refractivity contribution in [3.8, 4) is 0 Å². The van der Waals surface area contributed by atoms with Crippen molar-refractivity contribution < 1.29 is 4.79 Å². The highest BCUT2D eigenvalue weighted by Crippen LogP contribution is 2.18. The molecule has 0 aliphatic heterocycles. The standard InChI is InChI=1S/C7H5N3OS/c8-7(11)4-2-1-3-5-6(4)9-10-12-5/h1-3H,(H2,8,11). The molecule has 1 amide bonds. The van der Waals surface area contributed by atoms with Gasteiger partial charge >= 0.3 is 0 Å². The van der Waals surface area contributed by atoms with E-state index in [2.05, 4.69) is 9.59 Å². The van der Waals surface area contributed by atoms with Crippen LogP contribution in [0.2, 0.25) is 0 Å². The Morgan fingerprint density at radius 1 is 1.50 bits per heavy atom. The molecule has 2 rings (SSSR count). The molecule has 0 saturated carbocycles. The molecular weight excluding hydrogens is 174 g/mol. The monoisotopic (exact) mass is 179 g/mol. The zero-order valence-electron chi connectivity index (χ0n) is 6.02. The van der Waals surface area contributed by atoms with Crippen molar-refractivity contribution in [2.24, 2.45) is 5.73 Å². The second-order valence-corrected chi connectivity index (χ2v) is 3.08. The van der Waals surface area contributed by atoms with E-state index in [0.717, 1.165) is 4.70 Å². The van der Waals surface area contributed by atoms with E-state index >= 15 is 0 Å². The molecule has 1 aromatic heterocycles. The maximum atomic E-state index is 10.9. The van der Waals surface area contributed by atoms with Crippen molar-refractivity contribution in [1.29, 1.82) is 0 Å². The Balaban J connectivity index is 2.82. The van der Waals surface area contributed by atoms with E-state index < -0.39 is 5.91 Å². The molecule has 2 N–H and O–H groups in total. The van der Waals surface area contributed by atoms with E-state index in [4.69, 9.17) is 5.73 Å². The predicted octanol–water partition coefficient (Wildman–Crippen LogP) is 0.790.